The summed E-state index contributed by atoms with van der Waals surface area (Å²) < 4.78 is 0. The van der Waals surface area contributed by atoms with Crippen LogP contribution in [0.1, 0.15) is 43.3 Å². The average Bonchev–Trinajstić information content (AvgIpc) is 3.47. The predicted molar refractivity (Wildman–Crippen MR) is 118 cm³/mol. The quantitative estimate of drug-likeness (QED) is 0.404. The second kappa shape index (κ2) is 7.93. The zero-order chi connectivity index (χ0) is 19.8. The summed E-state index contributed by atoms with van der Waals surface area (Å²) in [6.45, 7) is 0. The summed E-state index contributed by atoms with van der Waals surface area (Å²) in [5, 5.41) is 11.2. The van der Waals surface area contributed by atoms with Gasteiger partial charge in [-0.15, -0.1) is 16.4 Å². The number of H-pyrrole nitrogens is 2. The van der Waals surface area contributed by atoms with Crippen LogP contribution >= 0.6 is 34.7 Å². The van der Waals surface area contributed by atoms with Crippen molar-refractivity contribution < 1.29 is 0 Å². The molecule has 3 heterocycles. The fraction of sp³-hybridized carbons (Fsp3) is 0.300. The summed E-state index contributed by atoms with van der Waals surface area (Å²) in [5.41, 5.74) is 1.51. The monoisotopic (exact) mass is 443 g/mol. The van der Waals surface area contributed by atoms with Gasteiger partial charge in [0.25, 0.3) is 5.56 Å². The summed E-state index contributed by atoms with van der Waals surface area (Å²) >= 11 is 9.24. The first-order chi connectivity index (χ1) is 14.2. The fourth-order valence-corrected chi connectivity index (χ4v) is 5.65. The molecule has 148 valence electrons. The number of nitrogens with zero attached hydrogens (tertiary/aromatic N) is 3. The number of aromatic amines is 2. The van der Waals surface area contributed by atoms with Crippen molar-refractivity contribution in [3.8, 4) is 11.1 Å². The maximum absolute atomic E-state index is 12.8. The molecule has 0 atom stereocenters. The normalized spacial score (nSPS) is 14.8. The van der Waals surface area contributed by atoms with E-state index < -0.39 is 0 Å². The lowest BCUT2D eigenvalue weighted by atomic mass is 10.1. The molecular weight excluding hydrogens is 426 g/mol. The Bertz CT molecular complexity index is 1230. The van der Waals surface area contributed by atoms with Crippen LogP contribution in [0.25, 0.3) is 21.3 Å². The first-order valence-electron chi connectivity index (χ1n) is 9.49. The first kappa shape index (κ1) is 18.8. The van der Waals surface area contributed by atoms with Gasteiger partial charge in [0.2, 0.25) is 5.16 Å². The minimum absolute atomic E-state index is 0.150. The van der Waals surface area contributed by atoms with Crippen molar-refractivity contribution in [2.45, 2.75) is 42.5 Å². The zero-order valence-corrected chi connectivity index (χ0v) is 17.8. The van der Waals surface area contributed by atoms with Gasteiger partial charge in [-0.05, 0) is 18.9 Å². The molecule has 9 heteroatoms. The van der Waals surface area contributed by atoms with Crippen LogP contribution in [0.5, 0.6) is 0 Å². The summed E-state index contributed by atoms with van der Waals surface area (Å²) in [5.74, 6) is 2.60. The Morgan fingerprint density at radius 1 is 1.17 bits per heavy atom. The van der Waals surface area contributed by atoms with Gasteiger partial charge in [-0.25, -0.2) is 9.97 Å². The molecule has 0 amide bonds. The third-order valence-corrected chi connectivity index (χ3v) is 7.28. The molecule has 0 aliphatic heterocycles. The second-order valence-electron chi connectivity index (χ2n) is 7.10. The molecule has 0 saturated heterocycles. The van der Waals surface area contributed by atoms with Gasteiger partial charge in [0.05, 0.1) is 11.1 Å². The molecule has 2 N–H and O–H groups in total. The molecule has 1 aromatic carbocycles. The smallest absolute Gasteiger partial charge is 0.260 e. The van der Waals surface area contributed by atoms with Crippen LogP contribution in [0.15, 0.2) is 39.6 Å². The van der Waals surface area contributed by atoms with E-state index in [9.17, 15) is 4.79 Å². The van der Waals surface area contributed by atoms with E-state index in [1.165, 1.54) is 48.8 Å². The molecule has 0 bridgehead atoms. The minimum Gasteiger partial charge on any atom is -0.309 e. The van der Waals surface area contributed by atoms with Gasteiger partial charge in [0, 0.05) is 27.4 Å². The summed E-state index contributed by atoms with van der Waals surface area (Å²) in [7, 11) is 0. The summed E-state index contributed by atoms with van der Waals surface area (Å²) in [4.78, 5) is 25.6. The van der Waals surface area contributed by atoms with Crippen molar-refractivity contribution in [1.29, 1.82) is 0 Å². The molecule has 0 unspecified atom stereocenters. The number of nitrogens with one attached hydrogen (secondary N) is 2. The Balaban J connectivity index is 1.38. The molecule has 1 saturated carbocycles. The average molecular weight is 444 g/mol. The SMILES string of the molecule is O=c1[nH]c(CSc2n[nH]c(C3CCCC3)n2)nc2scc(-c3ccccc3Cl)c12. The lowest BCUT2D eigenvalue weighted by Gasteiger charge is -2.03. The fourth-order valence-electron chi connectivity index (χ4n) is 3.78. The molecule has 1 fully saturated rings. The number of hydrogen-bond donors (Lipinski definition) is 2. The number of fused-ring (bicyclic) bond motifs is 1. The number of aromatic nitrogens is 5. The number of thiophene rings is 1. The molecule has 0 spiro atoms. The molecule has 0 radical (unpaired) electrons. The van der Waals surface area contributed by atoms with Crippen LogP contribution < -0.4 is 5.56 Å². The molecule has 6 nitrogen and oxygen atoms in total. The number of halogens is 1. The highest BCUT2D eigenvalue weighted by molar-refractivity contribution is 7.98. The van der Waals surface area contributed by atoms with Gasteiger partial charge in [0.15, 0.2) is 0 Å². The summed E-state index contributed by atoms with van der Waals surface area (Å²) in [6, 6.07) is 7.52. The number of thioether (sulfide) groups is 1. The van der Waals surface area contributed by atoms with Crippen molar-refractivity contribution in [2.75, 3.05) is 0 Å². The third kappa shape index (κ3) is 3.72. The Hall–Kier alpha value is -2.16. The standard InChI is InChI=1S/C20H18ClN5OS2/c21-14-8-4-3-7-12(14)13-9-28-19-16(13)18(27)22-15(23-19)10-29-20-24-17(25-26-20)11-5-1-2-6-11/h3-4,7-9,11H,1-2,5-6,10H2,(H,22,23,27)(H,24,25,26). The Kier molecular flexibility index (Phi) is 5.15. The molecule has 1 aliphatic carbocycles. The van der Waals surface area contributed by atoms with Gasteiger partial charge >= 0.3 is 0 Å². The van der Waals surface area contributed by atoms with Crippen molar-refractivity contribution in [3.05, 3.63) is 56.7 Å². The third-order valence-electron chi connectivity index (χ3n) is 5.22. The maximum Gasteiger partial charge on any atom is 0.260 e. The van der Waals surface area contributed by atoms with E-state index >= 15 is 0 Å². The van der Waals surface area contributed by atoms with E-state index in [2.05, 4.69) is 25.1 Å². The molecule has 29 heavy (non-hydrogen) atoms. The minimum atomic E-state index is -0.150. The van der Waals surface area contributed by atoms with Crippen LogP contribution in [0.3, 0.4) is 0 Å². The van der Waals surface area contributed by atoms with Gasteiger partial charge in [-0.1, -0.05) is 54.4 Å². The molecular formula is C20H18ClN5OS2. The molecule has 3 aromatic heterocycles. The number of hydrogen-bond acceptors (Lipinski definition) is 6. The van der Waals surface area contributed by atoms with Crippen molar-refractivity contribution >= 4 is 44.9 Å². The van der Waals surface area contributed by atoms with Crippen LogP contribution in [-0.4, -0.2) is 25.1 Å². The Morgan fingerprint density at radius 3 is 2.83 bits per heavy atom. The highest BCUT2D eigenvalue weighted by atomic mass is 35.5. The van der Waals surface area contributed by atoms with Crippen LogP contribution in [-0.2, 0) is 5.75 Å². The van der Waals surface area contributed by atoms with E-state index in [0.29, 0.717) is 37.9 Å². The topological polar surface area (TPSA) is 87.3 Å². The van der Waals surface area contributed by atoms with Gasteiger partial charge < -0.3 is 4.98 Å². The molecule has 5 rings (SSSR count). The highest BCUT2D eigenvalue weighted by Gasteiger charge is 2.21. The maximum atomic E-state index is 12.8. The Morgan fingerprint density at radius 2 is 2.00 bits per heavy atom. The van der Waals surface area contributed by atoms with Crippen molar-refractivity contribution in [1.82, 2.24) is 25.1 Å². The largest absolute Gasteiger partial charge is 0.309 e. The van der Waals surface area contributed by atoms with Gasteiger partial charge in [0.1, 0.15) is 16.5 Å². The van der Waals surface area contributed by atoms with E-state index in [-0.39, 0.29) is 5.56 Å². The lowest BCUT2D eigenvalue weighted by Crippen LogP contribution is -2.10. The predicted octanol–water partition coefficient (Wildman–Crippen LogP) is 5.37. The number of rotatable bonds is 5. The summed E-state index contributed by atoms with van der Waals surface area (Å²) in [6.07, 6.45) is 4.87. The molecule has 4 aromatic rings. The van der Waals surface area contributed by atoms with E-state index in [4.69, 9.17) is 11.6 Å². The highest BCUT2D eigenvalue weighted by Crippen LogP contribution is 2.35. The second-order valence-corrected chi connectivity index (χ2v) is 9.30. The van der Waals surface area contributed by atoms with Crippen molar-refractivity contribution in [3.63, 3.8) is 0 Å². The van der Waals surface area contributed by atoms with Crippen LogP contribution in [0.2, 0.25) is 5.02 Å². The number of benzene rings is 1. The van der Waals surface area contributed by atoms with Gasteiger partial charge in [-0.2, -0.15) is 0 Å². The van der Waals surface area contributed by atoms with E-state index in [0.717, 1.165) is 17.0 Å². The zero-order valence-electron chi connectivity index (χ0n) is 15.4. The molecule has 1 aliphatic rings. The lowest BCUT2D eigenvalue weighted by molar-refractivity contribution is 0.671. The first-order valence-corrected chi connectivity index (χ1v) is 11.7. The Labute approximate surface area is 180 Å². The van der Waals surface area contributed by atoms with Gasteiger partial charge in [-0.3, -0.25) is 9.89 Å². The van der Waals surface area contributed by atoms with Crippen molar-refractivity contribution in [2.24, 2.45) is 0 Å². The van der Waals surface area contributed by atoms with Crippen LogP contribution in [0, 0.1) is 0 Å². The van der Waals surface area contributed by atoms with Crippen LogP contribution in [0.4, 0.5) is 0 Å². The van der Waals surface area contributed by atoms with E-state index in [1.807, 2.05) is 29.6 Å². The van der Waals surface area contributed by atoms with E-state index in [1.54, 1.807) is 0 Å².